The van der Waals surface area contributed by atoms with E-state index in [9.17, 15) is 4.79 Å². The van der Waals surface area contributed by atoms with Gasteiger partial charge in [-0.05, 0) is 17.7 Å². The van der Waals surface area contributed by atoms with Gasteiger partial charge in [0.2, 0.25) is 5.91 Å². The minimum atomic E-state index is -0.609. The van der Waals surface area contributed by atoms with E-state index in [0.29, 0.717) is 13.1 Å². The van der Waals surface area contributed by atoms with E-state index in [1.165, 1.54) is 0 Å². The Morgan fingerprint density at radius 1 is 1.00 bits per heavy atom. The summed E-state index contributed by atoms with van der Waals surface area (Å²) in [4.78, 5) is 20.9. The van der Waals surface area contributed by atoms with E-state index < -0.39 is 5.38 Å². The van der Waals surface area contributed by atoms with Crippen LogP contribution in [-0.4, -0.2) is 42.0 Å². The molecular formula is C17H18ClN3O. The molecule has 114 valence electrons. The summed E-state index contributed by atoms with van der Waals surface area (Å²) in [7, 11) is 0. The molecule has 2 heterocycles. The third-order valence-electron chi connectivity index (χ3n) is 3.87. The molecule has 0 unspecified atom stereocenters. The third-order valence-corrected chi connectivity index (χ3v) is 4.31. The van der Waals surface area contributed by atoms with Crippen LogP contribution in [0.25, 0.3) is 0 Å². The number of hydrogen-bond donors (Lipinski definition) is 0. The van der Waals surface area contributed by atoms with Crippen LogP contribution in [0.4, 0.5) is 5.82 Å². The lowest BCUT2D eigenvalue weighted by Gasteiger charge is -2.36. The average molecular weight is 316 g/mol. The molecule has 1 amide bonds. The number of carbonyl (C=O) groups is 1. The van der Waals surface area contributed by atoms with Crippen LogP contribution in [0.3, 0.4) is 0 Å². The van der Waals surface area contributed by atoms with Gasteiger partial charge in [-0.15, -0.1) is 11.6 Å². The first-order chi connectivity index (χ1) is 10.8. The van der Waals surface area contributed by atoms with Crippen molar-refractivity contribution in [3.8, 4) is 0 Å². The Balaban J connectivity index is 1.60. The predicted octanol–water partition coefficient (Wildman–Crippen LogP) is 2.71. The van der Waals surface area contributed by atoms with Crippen molar-refractivity contribution in [2.24, 2.45) is 0 Å². The molecule has 1 aromatic carbocycles. The summed E-state index contributed by atoms with van der Waals surface area (Å²) in [6.07, 6.45) is 1.79. The highest BCUT2D eigenvalue weighted by molar-refractivity contribution is 6.30. The monoisotopic (exact) mass is 315 g/mol. The standard InChI is InChI=1S/C17H18ClN3O/c18-16(14-6-2-1-3-7-14)17(22)21-12-10-20(11-13-21)15-8-4-5-9-19-15/h1-9,16H,10-13H2/t16-/m1/s1. The average Bonchev–Trinajstić information content (AvgIpc) is 2.62. The molecule has 1 aliphatic rings. The van der Waals surface area contributed by atoms with Gasteiger partial charge in [0.05, 0.1) is 0 Å². The van der Waals surface area contributed by atoms with E-state index in [0.717, 1.165) is 24.5 Å². The number of piperazine rings is 1. The Labute approximate surface area is 135 Å². The fraction of sp³-hybridized carbons (Fsp3) is 0.294. The molecule has 1 aliphatic heterocycles. The van der Waals surface area contributed by atoms with Crippen LogP contribution in [0.2, 0.25) is 0 Å². The summed E-state index contributed by atoms with van der Waals surface area (Å²) < 4.78 is 0. The van der Waals surface area contributed by atoms with Gasteiger partial charge in [0.15, 0.2) is 0 Å². The Hall–Kier alpha value is -2.07. The van der Waals surface area contributed by atoms with Crippen LogP contribution in [0.1, 0.15) is 10.9 Å². The van der Waals surface area contributed by atoms with Crippen molar-refractivity contribution >= 4 is 23.3 Å². The van der Waals surface area contributed by atoms with E-state index >= 15 is 0 Å². The topological polar surface area (TPSA) is 36.4 Å². The lowest BCUT2D eigenvalue weighted by molar-refractivity contribution is -0.131. The molecular weight excluding hydrogens is 298 g/mol. The highest BCUT2D eigenvalue weighted by Gasteiger charge is 2.27. The smallest absolute Gasteiger partial charge is 0.245 e. The number of anilines is 1. The van der Waals surface area contributed by atoms with E-state index in [-0.39, 0.29) is 5.91 Å². The van der Waals surface area contributed by atoms with Crippen molar-refractivity contribution in [2.75, 3.05) is 31.1 Å². The second kappa shape index (κ2) is 6.79. The van der Waals surface area contributed by atoms with Crippen LogP contribution in [-0.2, 0) is 4.79 Å². The van der Waals surface area contributed by atoms with E-state index in [4.69, 9.17) is 11.6 Å². The number of nitrogens with zero attached hydrogens (tertiary/aromatic N) is 3. The molecule has 4 nitrogen and oxygen atoms in total. The number of hydrogen-bond acceptors (Lipinski definition) is 3. The lowest BCUT2D eigenvalue weighted by Crippen LogP contribution is -2.49. The Morgan fingerprint density at radius 3 is 2.32 bits per heavy atom. The van der Waals surface area contributed by atoms with Crippen molar-refractivity contribution in [1.29, 1.82) is 0 Å². The Bertz CT molecular complexity index is 612. The third kappa shape index (κ3) is 3.22. The number of amides is 1. The maximum Gasteiger partial charge on any atom is 0.245 e. The minimum Gasteiger partial charge on any atom is -0.353 e. The first-order valence-corrected chi connectivity index (χ1v) is 7.83. The summed E-state index contributed by atoms with van der Waals surface area (Å²) in [6.45, 7) is 2.90. The van der Waals surface area contributed by atoms with Gasteiger partial charge in [0.1, 0.15) is 11.2 Å². The maximum absolute atomic E-state index is 12.5. The molecule has 1 fully saturated rings. The molecule has 0 N–H and O–H groups in total. The number of benzene rings is 1. The molecule has 1 aromatic heterocycles. The van der Waals surface area contributed by atoms with Gasteiger partial charge < -0.3 is 9.80 Å². The first kappa shape index (κ1) is 14.9. The predicted molar refractivity (Wildman–Crippen MR) is 88.1 cm³/mol. The lowest BCUT2D eigenvalue weighted by atomic mass is 10.1. The normalized spacial score (nSPS) is 16.4. The fourth-order valence-corrected chi connectivity index (χ4v) is 2.91. The summed E-state index contributed by atoms with van der Waals surface area (Å²) >= 11 is 6.33. The molecule has 22 heavy (non-hydrogen) atoms. The van der Waals surface area contributed by atoms with Crippen LogP contribution in [0.5, 0.6) is 0 Å². The van der Waals surface area contributed by atoms with Crippen LogP contribution >= 0.6 is 11.6 Å². The molecule has 1 atom stereocenters. The highest BCUT2D eigenvalue weighted by Crippen LogP contribution is 2.24. The Morgan fingerprint density at radius 2 is 1.68 bits per heavy atom. The second-order valence-corrected chi connectivity index (χ2v) is 5.71. The van der Waals surface area contributed by atoms with Crippen LogP contribution < -0.4 is 4.90 Å². The Kier molecular flexibility index (Phi) is 4.59. The van der Waals surface area contributed by atoms with Gasteiger partial charge in [-0.25, -0.2) is 4.98 Å². The van der Waals surface area contributed by atoms with E-state index in [1.54, 1.807) is 6.20 Å². The van der Waals surface area contributed by atoms with Gasteiger partial charge in [-0.2, -0.15) is 0 Å². The molecule has 0 saturated carbocycles. The summed E-state index contributed by atoms with van der Waals surface area (Å²) in [5.41, 5.74) is 0.848. The number of carbonyl (C=O) groups excluding carboxylic acids is 1. The van der Waals surface area contributed by atoms with Crippen molar-refractivity contribution in [2.45, 2.75) is 5.38 Å². The van der Waals surface area contributed by atoms with Gasteiger partial charge in [-0.1, -0.05) is 36.4 Å². The molecule has 3 rings (SSSR count). The quantitative estimate of drug-likeness (QED) is 0.817. The molecule has 0 radical (unpaired) electrons. The molecule has 0 spiro atoms. The van der Waals surface area contributed by atoms with Gasteiger partial charge in [0, 0.05) is 32.4 Å². The minimum absolute atomic E-state index is 0.0199. The number of pyridine rings is 1. The van der Waals surface area contributed by atoms with Crippen molar-refractivity contribution in [3.63, 3.8) is 0 Å². The van der Waals surface area contributed by atoms with Gasteiger partial charge >= 0.3 is 0 Å². The SMILES string of the molecule is O=C([C@H](Cl)c1ccccc1)N1CCN(c2ccccn2)CC1. The zero-order valence-corrected chi connectivity index (χ0v) is 13.0. The molecule has 0 bridgehead atoms. The maximum atomic E-state index is 12.5. The largest absolute Gasteiger partial charge is 0.353 e. The second-order valence-electron chi connectivity index (χ2n) is 5.27. The van der Waals surface area contributed by atoms with Crippen molar-refractivity contribution < 1.29 is 4.79 Å². The van der Waals surface area contributed by atoms with Crippen molar-refractivity contribution in [1.82, 2.24) is 9.88 Å². The van der Waals surface area contributed by atoms with Crippen LogP contribution in [0.15, 0.2) is 54.7 Å². The number of alkyl halides is 1. The highest BCUT2D eigenvalue weighted by atomic mass is 35.5. The summed E-state index contributed by atoms with van der Waals surface area (Å²) in [5, 5.41) is -0.609. The summed E-state index contributed by atoms with van der Waals surface area (Å²) in [6, 6.07) is 15.4. The number of halogens is 1. The van der Waals surface area contributed by atoms with E-state index in [2.05, 4.69) is 9.88 Å². The summed E-state index contributed by atoms with van der Waals surface area (Å²) in [5.74, 6) is 0.939. The van der Waals surface area contributed by atoms with Gasteiger partial charge in [0.25, 0.3) is 0 Å². The van der Waals surface area contributed by atoms with E-state index in [1.807, 2.05) is 53.4 Å². The molecule has 0 aliphatic carbocycles. The zero-order chi connectivity index (χ0) is 15.4. The van der Waals surface area contributed by atoms with Crippen molar-refractivity contribution in [3.05, 3.63) is 60.3 Å². The molecule has 5 heteroatoms. The molecule has 1 saturated heterocycles. The van der Waals surface area contributed by atoms with Crippen LogP contribution in [0, 0.1) is 0 Å². The van der Waals surface area contributed by atoms with Gasteiger partial charge in [-0.3, -0.25) is 4.79 Å². The molecule has 2 aromatic rings. The number of rotatable bonds is 3. The fourth-order valence-electron chi connectivity index (χ4n) is 2.62. The number of aromatic nitrogens is 1. The first-order valence-electron chi connectivity index (χ1n) is 7.39. The zero-order valence-electron chi connectivity index (χ0n) is 12.2.